The third-order valence-electron chi connectivity index (χ3n) is 3.74. The molecule has 0 spiro atoms. The van der Waals surface area contributed by atoms with Crippen molar-refractivity contribution in [3.63, 3.8) is 0 Å². The first-order chi connectivity index (χ1) is 12.1. The van der Waals surface area contributed by atoms with Gasteiger partial charge in [-0.25, -0.2) is 9.97 Å². The maximum absolute atomic E-state index is 5.78. The summed E-state index contributed by atoms with van der Waals surface area (Å²) in [7, 11) is 0. The molecule has 0 aliphatic carbocycles. The fourth-order valence-corrected chi connectivity index (χ4v) is 2.67. The van der Waals surface area contributed by atoms with Gasteiger partial charge in [0.25, 0.3) is 0 Å². The lowest BCUT2D eigenvalue weighted by Crippen LogP contribution is -2.05. The smallest absolute Gasteiger partial charge is 0.181 e. The Labute approximate surface area is 144 Å². The molecule has 7 nitrogen and oxygen atoms in total. The van der Waals surface area contributed by atoms with Gasteiger partial charge in [0.15, 0.2) is 5.82 Å². The summed E-state index contributed by atoms with van der Waals surface area (Å²) in [5, 5.41) is 15.5. The molecule has 0 aliphatic heterocycles. The Morgan fingerprint density at radius 2 is 1.88 bits per heavy atom. The third kappa shape index (κ3) is 2.96. The SMILES string of the molecule is Cc1cc(-c2ccnc(-c3n[nH]c4ccc(OC(C)C)cc34)n2)n[nH]1. The number of benzene rings is 1. The molecule has 126 valence electrons. The van der Waals surface area contributed by atoms with Crippen molar-refractivity contribution in [2.75, 3.05) is 0 Å². The Morgan fingerprint density at radius 3 is 2.64 bits per heavy atom. The van der Waals surface area contributed by atoms with Gasteiger partial charge >= 0.3 is 0 Å². The van der Waals surface area contributed by atoms with Crippen LogP contribution in [0.4, 0.5) is 0 Å². The zero-order valence-electron chi connectivity index (χ0n) is 14.2. The van der Waals surface area contributed by atoms with E-state index in [9.17, 15) is 0 Å². The second-order valence-corrected chi connectivity index (χ2v) is 6.15. The molecule has 4 rings (SSSR count). The Bertz CT molecular complexity index is 1030. The van der Waals surface area contributed by atoms with Crippen molar-refractivity contribution in [2.24, 2.45) is 0 Å². The van der Waals surface area contributed by atoms with Gasteiger partial charge in [0, 0.05) is 17.3 Å². The fraction of sp³-hybridized carbons (Fsp3) is 0.222. The number of nitrogens with zero attached hydrogens (tertiary/aromatic N) is 4. The zero-order chi connectivity index (χ0) is 17.4. The van der Waals surface area contributed by atoms with Gasteiger partial charge in [0.2, 0.25) is 0 Å². The van der Waals surface area contributed by atoms with Crippen molar-refractivity contribution in [2.45, 2.75) is 26.9 Å². The van der Waals surface area contributed by atoms with E-state index in [-0.39, 0.29) is 6.10 Å². The number of rotatable bonds is 4. The molecule has 0 saturated carbocycles. The van der Waals surface area contributed by atoms with Gasteiger partial charge in [-0.2, -0.15) is 10.2 Å². The quantitative estimate of drug-likeness (QED) is 0.596. The molecular weight excluding hydrogens is 316 g/mol. The number of ether oxygens (including phenoxy) is 1. The summed E-state index contributed by atoms with van der Waals surface area (Å²) >= 11 is 0. The monoisotopic (exact) mass is 334 g/mol. The van der Waals surface area contributed by atoms with E-state index in [1.807, 2.05) is 51.1 Å². The van der Waals surface area contributed by atoms with Gasteiger partial charge in [0.05, 0.1) is 17.3 Å². The van der Waals surface area contributed by atoms with Gasteiger partial charge in [-0.05, 0) is 51.1 Å². The Hall–Kier alpha value is -3.22. The molecule has 4 aromatic rings. The molecule has 0 amide bonds. The normalized spacial score (nSPS) is 11.4. The predicted molar refractivity (Wildman–Crippen MR) is 95.2 cm³/mol. The molecule has 3 heterocycles. The Balaban J connectivity index is 1.79. The second-order valence-electron chi connectivity index (χ2n) is 6.15. The number of fused-ring (bicyclic) bond motifs is 1. The summed E-state index contributed by atoms with van der Waals surface area (Å²) < 4.78 is 5.78. The lowest BCUT2D eigenvalue weighted by molar-refractivity contribution is 0.243. The summed E-state index contributed by atoms with van der Waals surface area (Å²) in [6.07, 6.45) is 1.83. The Kier molecular flexibility index (Phi) is 3.68. The summed E-state index contributed by atoms with van der Waals surface area (Å²) in [5.41, 5.74) is 4.12. The van der Waals surface area contributed by atoms with Gasteiger partial charge in [-0.3, -0.25) is 10.2 Å². The molecule has 0 bridgehead atoms. The third-order valence-corrected chi connectivity index (χ3v) is 3.74. The van der Waals surface area contributed by atoms with Crippen molar-refractivity contribution in [3.8, 4) is 28.7 Å². The average molecular weight is 334 g/mol. The molecular formula is C18H18N6O. The van der Waals surface area contributed by atoms with Gasteiger partial charge < -0.3 is 4.74 Å². The van der Waals surface area contributed by atoms with Crippen LogP contribution < -0.4 is 4.74 Å². The van der Waals surface area contributed by atoms with E-state index >= 15 is 0 Å². The van der Waals surface area contributed by atoms with Crippen LogP contribution in [0.5, 0.6) is 5.75 Å². The number of hydrogen-bond acceptors (Lipinski definition) is 5. The molecule has 0 radical (unpaired) electrons. The molecule has 0 saturated heterocycles. The number of nitrogens with one attached hydrogen (secondary N) is 2. The molecule has 0 aliphatic rings. The summed E-state index contributed by atoms with van der Waals surface area (Å²) in [6.45, 7) is 5.95. The minimum atomic E-state index is 0.107. The van der Waals surface area contributed by atoms with Crippen LogP contribution in [0.3, 0.4) is 0 Å². The summed E-state index contributed by atoms with van der Waals surface area (Å²) in [6, 6.07) is 9.62. The van der Waals surface area contributed by atoms with Crippen LogP contribution in [0, 0.1) is 6.92 Å². The van der Waals surface area contributed by atoms with E-state index in [2.05, 4.69) is 30.4 Å². The number of hydrogen-bond donors (Lipinski definition) is 2. The largest absolute Gasteiger partial charge is 0.491 e. The summed E-state index contributed by atoms with van der Waals surface area (Å²) in [5.74, 6) is 1.34. The zero-order valence-corrected chi connectivity index (χ0v) is 14.2. The molecule has 0 fully saturated rings. The standard InChI is InChI=1S/C18H18N6O/c1-10(2)25-12-4-5-14-13(9-12)17(24-22-14)18-19-7-6-15(20-18)16-8-11(3)21-23-16/h4-10H,1-3H3,(H,21,23)(H,22,24). The van der Waals surface area contributed by atoms with Crippen LogP contribution in [0.2, 0.25) is 0 Å². The van der Waals surface area contributed by atoms with Crippen molar-refractivity contribution < 1.29 is 4.74 Å². The Morgan fingerprint density at radius 1 is 1.00 bits per heavy atom. The molecule has 0 atom stereocenters. The molecule has 2 N–H and O–H groups in total. The van der Waals surface area contributed by atoms with E-state index in [1.54, 1.807) is 6.20 Å². The topological polar surface area (TPSA) is 92.4 Å². The van der Waals surface area contributed by atoms with Crippen LogP contribution in [-0.2, 0) is 0 Å². The van der Waals surface area contributed by atoms with E-state index < -0.39 is 0 Å². The first-order valence-corrected chi connectivity index (χ1v) is 8.11. The van der Waals surface area contributed by atoms with Crippen LogP contribution in [0.15, 0.2) is 36.5 Å². The van der Waals surface area contributed by atoms with E-state index in [0.717, 1.165) is 33.7 Å². The van der Waals surface area contributed by atoms with Crippen molar-refractivity contribution in [1.29, 1.82) is 0 Å². The highest BCUT2D eigenvalue weighted by molar-refractivity contribution is 5.92. The van der Waals surface area contributed by atoms with Gasteiger partial charge in [-0.1, -0.05) is 0 Å². The van der Waals surface area contributed by atoms with E-state index in [1.165, 1.54) is 0 Å². The first kappa shape index (κ1) is 15.3. The highest BCUT2D eigenvalue weighted by Gasteiger charge is 2.14. The predicted octanol–water partition coefficient (Wildman–Crippen LogP) is 3.51. The number of H-pyrrole nitrogens is 2. The molecule has 1 aromatic carbocycles. The lowest BCUT2D eigenvalue weighted by atomic mass is 10.2. The number of aromatic nitrogens is 6. The van der Waals surface area contributed by atoms with E-state index in [4.69, 9.17) is 4.74 Å². The minimum Gasteiger partial charge on any atom is -0.491 e. The van der Waals surface area contributed by atoms with Crippen LogP contribution in [0.25, 0.3) is 33.8 Å². The molecule has 3 aromatic heterocycles. The molecule has 25 heavy (non-hydrogen) atoms. The number of aryl methyl sites for hydroxylation is 1. The van der Waals surface area contributed by atoms with Crippen molar-refractivity contribution in [3.05, 3.63) is 42.2 Å². The van der Waals surface area contributed by atoms with E-state index in [0.29, 0.717) is 11.5 Å². The molecule has 0 unspecified atom stereocenters. The highest BCUT2D eigenvalue weighted by atomic mass is 16.5. The van der Waals surface area contributed by atoms with Crippen LogP contribution >= 0.6 is 0 Å². The number of aromatic amines is 2. The second kappa shape index (κ2) is 6.01. The van der Waals surface area contributed by atoms with Gasteiger partial charge in [0.1, 0.15) is 17.1 Å². The maximum Gasteiger partial charge on any atom is 0.181 e. The first-order valence-electron chi connectivity index (χ1n) is 8.11. The van der Waals surface area contributed by atoms with Crippen molar-refractivity contribution in [1.82, 2.24) is 30.4 Å². The van der Waals surface area contributed by atoms with Crippen LogP contribution in [-0.4, -0.2) is 36.5 Å². The lowest BCUT2D eigenvalue weighted by Gasteiger charge is -2.09. The van der Waals surface area contributed by atoms with Gasteiger partial charge in [-0.15, -0.1) is 0 Å². The summed E-state index contributed by atoms with van der Waals surface area (Å²) in [4.78, 5) is 9.01. The minimum absolute atomic E-state index is 0.107. The maximum atomic E-state index is 5.78. The van der Waals surface area contributed by atoms with Crippen molar-refractivity contribution >= 4 is 10.9 Å². The fourth-order valence-electron chi connectivity index (χ4n) is 2.67. The average Bonchev–Trinajstić information content (AvgIpc) is 3.20. The van der Waals surface area contributed by atoms with Crippen LogP contribution in [0.1, 0.15) is 19.5 Å². The molecule has 7 heteroatoms. The highest BCUT2D eigenvalue weighted by Crippen LogP contribution is 2.28.